The standard InChI is InChI=1S/C27H37N5O2.C3H8.C2H6/c1-9-21(23-16-22(10-2)27(28-6)26(18-23)34-8)17-25(33)19(4)24(11-3)30-29-20(5)32-14-12-31(7)13-15-32;1-3-2;1-2/h9-11,16-18,30H,1,3,12-15H2,2,4-8H3;3H2,1-2H3;1-2H3/b21-17+,22-10-,24-19-,28-27?,29-20+;;. The van der Waals surface area contributed by atoms with E-state index < -0.39 is 0 Å². The molecule has 216 valence electrons. The number of ketones is 1. The van der Waals surface area contributed by atoms with Crippen LogP contribution >= 0.6 is 0 Å². The second-order valence-electron chi connectivity index (χ2n) is 8.81. The van der Waals surface area contributed by atoms with Crippen LogP contribution in [0.4, 0.5) is 0 Å². The Balaban J connectivity index is 0.00000269. The monoisotopic (exact) mass is 537 g/mol. The number of allylic oxidation sites excluding steroid dienone is 10. The largest absolute Gasteiger partial charge is 0.494 e. The molecular weight excluding hydrogens is 486 g/mol. The third-order valence-electron chi connectivity index (χ3n) is 5.98. The van der Waals surface area contributed by atoms with Crippen molar-refractivity contribution in [1.82, 2.24) is 15.2 Å². The van der Waals surface area contributed by atoms with Gasteiger partial charge in [-0.05, 0) is 68.8 Å². The van der Waals surface area contributed by atoms with Crippen molar-refractivity contribution in [3.05, 3.63) is 83.4 Å². The molecule has 0 atom stereocenters. The molecule has 1 saturated heterocycles. The van der Waals surface area contributed by atoms with E-state index in [4.69, 9.17) is 4.74 Å². The number of carbonyl (C=O) groups is 1. The Kier molecular flexibility index (Phi) is 17.9. The van der Waals surface area contributed by atoms with Crippen LogP contribution in [0, 0.1) is 0 Å². The number of piperazine rings is 1. The van der Waals surface area contributed by atoms with Crippen LogP contribution in [-0.2, 0) is 9.53 Å². The third kappa shape index (κ3) is 11.1. The molecule has 0 amide bonds. The molecule has 1 fully saturated rings. The summed E-state index contributed by atoms with van der Waals surface area (Å²) in [5, 5.41) is 4.49. The van der Waals surface area contributed by atoms with Crippen LogP contribution in [0.1, 0.15) is 54.9 Å². The van der Waals surface area contributed by atoms with Crippen molar-refractivity contribution in [3.8, 4) is 0 Å². The smallest absolute Gasteiger partial charge is 0.184 e. The van der Waals surface area contributed by atoms with Crippen LogP contribution in [0.15, 0.2) is 93.5 Å². The number of nitrogens with zero attached hydrogens (tertiary/aromatic N) is 4. The summed E-state index contributed by atoms with van der Waals surface area (Å²) in [4.78, 5) is 21.9. The Bertz CT molecular complexity index is 1050. The van der Waals surface area contributed by atoms with Gasteiger partial charge in [0.2, 0.25) is 0 Å². The van der Waals surface area contributed by atoms with Gasteiger partial charge in [0.15, 0.2) is 5.78 Å². The summed E-state index contributed by atoms with van der Waals surface area (Å²) in [7, 11) is 5.45. The van der Waals surface area contributed by atoms with E-state index in [9.17, 15) is 4.79 Å². The fourth-order valence-corrected chi connectivity index (χ4v) is 3.68. The zero-order valence-electron chi connectivity index (χ0n) is 26.0. The zero-order chi connectivity index (χ0) is 30.0. The average Bonchev–Trinajstić information content (AvgIpc) is 2.96. The first-order chi connectivity index (χ1) is 18.7. The molecule has 0 aromatic heterocycles. The molecule has 1 N–H and O–H groups in total. The first kappa shape index (κ1) is 35.5. The molecule has 0 bridgehead atoms. The van der Waals surface area contributed by atoms with E-state index in [0.717, 1.165) is 48.9 Å². The highest BCUT2D eigenvalue weighted by molar-refractivity contribution is 6.15. The van der Waals surface area contributed by atoms with E-state index in [-0.39, 0.29) is 5.78 Å². The summed E-state index contributed by atoms with van der Waals surface area (Å²) in [5.41, 5.74) is 7.31. The van der Waals surface area contributed by atoms with Crippen molar-refractivity contribution in [2.75, 3.05) is 47.4 Å². The SMILES string of the molecule is C=C/C(N/N=C(\C)N1CCN(C)CC1)=C(\C)C(=O)/C=C(\C=C)C1=C/C(=C/C)C(=NC)C(OC)=C1.CC.CCC. The number of amidine groups is 1. The van der Waals surface area contributed by atoms with Crippen molar-refractivity contribution < 1.29 is 9.53 Å². The highest BCUT2D eigenvalue weighted by atomic mass is 16.5. The molecule has 0 unspecified atom stereocenters. The molecule has 7 heteroatoms. The molecule has 1 aliphatic carbocycles. The number of nitrogens with one attached hydrogen (secondary N) is 1. The van der Waals surface area contributed by atoms with Gasteiger partial charge in [-0.3, -0.25) is 15.2 Å². The number of ether oxygens (including phenoxy) is 1. The average molecular weight is 538 g/mol. The number of hydrazone groups is 1. The summed E-state index contributed by atoms with van der Waals surface area (Å²) in [6, 6.07) is 0. The number of methoxy groups -OCH3 is 1. The van der Waals surface area contributed by atoms with Crippen LogP contribution in [0.25, 0.3) is 0 Å². The summed E-state index contributed by atoms with van der Waals surface area (Å²) < 4.78 is 5.52. The summed E-state index contributed by atoms with van der Waals surface area (Å²) >= 11 is 0. The molecule has 2 rings (SSSR count). The lowest BCUT2D eigenvalue weighted by atomic mass is 9.92. The second-order valence-corrected chi connectivity index (χ2v) is 8.81. The molecule has 7 nitrogen and oxygen atoms in total. The minimum absolute atomic E-state index is 0.157. The Morgan fingerprint density at radius 1 is 1.10 bits per heavy atom. The Labute approximate surface area is 237 Å². The second kappa shape index (κ2) is 19.6. The Hall–Kier alpha value is -3.45. The number of aliphatic imine (C=N–C) groups is 1. The minimum Gasteiger partial charge on any atom is -0.494 e. The summed E-state index contributed by atoms with van der Waals surface area (Å²) in [6.07, 6.45) is 11.9. The van der Waals surface area contributed by atoms with Gasteiger partial charge in [-0.25, -0.2) is 0 Å². The van der Waals surface area contributed by atoms with Crippen LogP contribution in [0.5, 0.6) is 0 Å². The van der Waals surface area contributed by atoms with Gasteiger partial charge < -0.3 is 14.5 Å². The van der Waals surface area contributed by atoms with E-state index in [1.807, 2.05) is 45.9 Å². The Morgan fingerprint density at radius 3 is 2.15 bits per heavy atom. The first-order valence-corrected chi connectivity index (χ1v) is 13.8. The van der Waals surface area contributed by atoms with Crippen molar-refractivity contribution in [3.63, 3.8) is 0 Å². The minimum atomic E-state index is -0.157. The van der Waals surface area contributed by atoms with Crippen LogP contribution in [-0.4, -0.2) is 74.5 Å². The van der Waals surface area contributed by atoms with Gasteiger partial charge in [-0.1, -0.05) is 59.4 Å². The molecule has 2 aliphatic rings. The molecule has 0 radical (unpaired) electrons. The number of likely N-dealkylation sites (N-methyl/N-ethyl adjacent to an activating group) is 1. The quantitative estimate of drug-likeness (QED) is 0.131. The van der Waals surface area contributed by atoms with Crippen molar-refractivity contribution in [2.45, 2.75) is 54.9 Å². The molecule has 0 spiro atoms. The fraction of sp³-hybridized carbons (Fsp3) is 0.469. The van der Waals surface area contributed by atoms with Gasteiger partial charge in [-0.2, -0.15) is 5.10 Å². The predicted molar refractivity (Wildman–Crippen MR) is 169 cm³/mol. The van der Waals surface area contributed by atoms with Gasteiger partial charge in [0.05, 0.1) is 12.8 Å². The number of hydrogen-bond donors (Lipinski definition) is 1. The molecule has 1 heterocycles. The molecule has 0 aromatic carbocycles. The molecule has 0 aromatic rings. The first-order valence-electron chi connectivity index (χ1n) is 13.8. The van der Waals surface area contributed by atoms with Gasteiger partial charge in [0, 0.05) is 38.8 Å². The molecule has 1 aliphatic heterocycles. The third-order valence-corrected chi connectivity index (χ3v) is 5.98. The normalized spacial score (nSPS) is 19.0. The van der Waals surface area contributed by atoms with Crippen LogP contribution in [0.3, 0.4) is 0 Å². The van der Waals surface area contributed by atoms with Crippen molar-refractivity contribution >= 4 is 17.3 Å². The number of carbonyl (C=O) groups excluding carboxylic acids is 1. The van der Waals surface area contributed by atoms with Gasteiger partial charge in [-0.15, -0.1) is 0 Å². The van der Waals surface area contributed by atoms with E-state index in [2.05, 4.69) is 59.4 Å². The maximum atomic E-state index is 13.1. The summed E-state index contributed by atoms with van der Waals surface area (Å²) in [5.74, 6) is 1.37. The number of rotatable bonds is 8. The van der Waals surface area contributed by atoms with Gasteiger partial charge in [0.25, 0.3) is 0 Å². The topological polar surface area (TPSA) is 69.5 Å². The summed E-state index contributed by atoms with van der Waals surface area (Å²) in [6.45, 7) is 25.5. The predicted octanol–water partition coefficient (Wildman–Crippen LogP) is 6.23. The van der Waals surface area contributed by atoms with E-state index >= 15 is 0 Å². The van der Waals surface area contributed by atoms with Crippen LogP contribution in [0.2, 0.25) is 0 Å². The lowest BCUT2D eigenvalue weighted by Gasteiger charge is -2.33. The van der Waals surface area contributed by atoms with E-state index in [1.54, 1.807) is 39.3 Å². The van der Waals surface area contributed by atoms with E-state index in [0.29, 0.717) is 22.6 Å². The maximum absolute atomic E-state index is 13.1. The molecular formula is C32H51N5O2. The van der Waals surface area contributed by atoms with Crippen molar-refractivity contribution in [1.29, 1.82) is 0 Å². The maximum Gasteiger partial charge on any atom is 0.184 e. The lowest BCUT2D eigenvalue weighted by Crippen LogP contribution is -2.46. The molecule has 39 heavy (non-hydrogen) atoms. The van der Waals surface area contributed by atoms with Gasteiger partial charge >= 0.3 is 0 Å². The highest BCUT2D eigenvalue weighted by Gasteiger charge is 2.19. The zero-order valence-corrected chi connectivity index (χ0v) is 26.0. The molecule has 0 saturated carbocycles. The fourth-order valence-electron chi connectivity index (χ4n) is 3.68. The van der Waals surface area contributed by atoms with E-state index in [1.165, 1.54) is 6.42 Å². The van der Waals surface area contributed by atoms with Crippen LogP contribution < -0.4 is 5.43 Å². The Morgan fingerprint density at radius 2 is 1.69 bits per heavy atom. The lowest BCUT2D eigenvalue weighted by molar-refractivity contribution is -0.111. The number of hydrogen-bond acceptors (Lipinski definition) is 6. The highest BCUT2D eigenvalue weighted by Crippen LogP contribution is 2.26. The van der Waals surface area contributed by atoms with Crippen molar-refractivity contribution in [2.24, 2.45) is 10.1 Å². The van der Waals surface area contributed by atoms with Gasteiger partial charge in [0.1, 0.15) is 17.3 Å².